The lowest BCUT2D eigenvalue weighted by atomic mass is 9.96. The van der Waals surface area contributed by atoms with Crippen LogP contribution in [0.5, 0.6) is 11.5 Å². The number of fused-ring (bicyclic) bond motifs is 4. The van der Waals surface area contributed by atoms with Crippen molar-refractivity contribution in [2.75, 3.05) is 0 Å². The molecule has 4 N–H and O–H groups in total. The number of aromatic nitrogens is 2. The Kier molecular flexibility index (Phi) is 4.96. The van der Waals surface area contributed by atoms with E-state index in [0.717, 1.165) is 11.1 Å². The lowest BCUT2D eigenvalue weighted by molar-refractivity contribution is 0.479. The monoisotopic (exact) mass is 548 g/mol. The third-order valence-electron chi connectivity index (χ3n) is 7.81. The fourth-order valence-corrected chi connectivity index (χ4v) is 5.89. The molecule has 200 valence electrons. The minimum Gasteiger partial charge on any atom is -0.506 e. The van der Waals surface area contributed by atoms with Gasteiger partial charge in [0.2, 0.25) is 0 Å². The number of hydrogen-bond donors (Lipinski definition) is 4. The predicted octanol–water partition coefficient (Wildman–Crippen LogP) is 5.31. The van der Waals surface area contributed by atoms with Gasteiger partial charge in [0.15, 0.2) is 0 Å². The molecule has 2 aliphatic heterocycles. The Labute approximate surface area is 237 Å². The number of benzene rings is 4. The van der Waals surface area contributed by atoms with Crippen LogP contribution in [0.4, 0.5) is 0 Å². The lowest BCUT2D eigenvalue weighted by Crippen LogP contribution is -2.18. The van der Waals surface area contributed by atoms with Gasteiger partial charge in [0.05, 0.1) is 33.9 Å². The summed E-state index contributed by atoms with van der Waals surface area (Å²) in [6.45, 7) is 0. The molecule has 0 aliphatic carbocycles. The van der Waals surface area contributed by atoms with E-state index in [-0.39, 0.29) is 22.6 Å². The zero-order chi connectivity index (χ0) is 28.5. The Morgan fingerprint density at radius 3 is 1.26 bits per heavy atom. The standard InChI is InChI=1S/C34H20N4O4/c39-31-21-13-5-7-15-23(21)35-33(41)25(31)27-17-9-1-3-11-19(17)29(37-27)30-20-12-4-2-10-18(20)28(38-30)26-32(40)22-14-6-8-16-24(22)36-34(26)42/h1-16H,(H2,35,39,41)(H2,36,40,42). The minimum atomic E-state index is -0.463. The van der Waals surface area contributed by atoms with Gasteiger partial charge in [-0.05, 0) is 24.3 Å². The van der Waals surface area contributed by atoms with E-state index in [1.807, 2.05) is 48.5 Å². The average Bonchev–Trinajstić information content (AvgIpc) is 3.56. The first-order valence-electron chi connectivity index (χ1n) is 13.3. The van der Waals surface area contributed by atoms with E-state index in [1.54, 1.807) is 48.5 Å². The summed E-state index contributed by atoms with van der Waals surface area (Å²) in [4.78, 5) is 42.1. The van der Waals surface area contributed by atoms with Gasteiger partial charge in [-0.1, -0.05) is 72.8 Å². The summed E-state index contributed by atoms with van der Waals surface area (Å²) in [5, 5.41) is 23.5. The molecule has 0 bridgehead atoms. The quantitative estimate of drug-likeness (QED) is 0.234. The number of para-hydroxylation sites is 2. The summed E-state index contributed by atoms with van der Waals surface area (Å²) >= 11 is 0. The number of pyridine rings is 2. The molecule has 0 amide bonds. The topological polar surface area (TPSA) is 131 Å². The van der Waals surface area contributed by atoms with Gasteiger partial charge in [-0.25, -0.2) is 9.98 Å². The Balaban J connectivity index is 1.42. The SMILES string of the molecule is O=c1[nH]c2ccccc2c(O)c1C1=NC(=C2N=C(c3c(O)c4ccccc4[nH]c3=O)c3ccccc32)c2ccccc21. The summed E-state index contributed by atoms with van der Waals surface area (Å²) in [6.07, 6.45) is 0. The first-order valence-corrected chi connectivity index (χ1v) is 13.3. The Hall–Kier alpha value is -6.02. The molecular weight excluding hydrogens is 528 g/mol. The van der Waals surface area contributed by atoms with E-state index in [4.69, 9.17) is 9.98 Å². The van der Waals surface area contributed by atoms with Gasteiger partial charge >= 0.3 is 0 Å². The molecule has 4 aromatic carbocycles. The number of aromatic amines is 2. The molecule has 0 spiro atoms. The van der Waals surface area contributed by atoms with Gasteiger partial charge in [0.1, 0.15) is 22.6 Å². The number of nitrogens with zero attached hydrogens (tertiary/aromatic N) is 2. The van der Waals surface area contributed by atoms with Crippen molar-refractivity contribution in [3.63, 3.8) is 0 Å². The number of aliphatic imine (C=N–C) groups is 2. The lowest BCUT2D eigenvalue weighted by Gasteiger charge is -2.08. The molecule has 8 nitrogen and oxygen atoms in total. The predicted molar refractivity (Wildman–Crippen MR) is 163 cm³/mol. The maximum Gasteiger partial charge on any atom is 0.261 e. The van der Waals surface area contributed by atoms with E-state index in [1.165, 1.54) is 0 Å². The molecule has 2 aromatic heterocycles. The second-order valence-electron chi connectivity index (χ2n) is 10.2. The van der Waals surface area contributed by atoms with E-state index in [9.17, 15) is 19.8 Å². The van der Waals surface area contributed by atoms with Crippen LogP contribution in [-0.4, -0.2) is 31.6 Å². The first-order chi connectivity index (χ1) is 20.5. The van der Waals surface area contributed by atoms with Gasteiger partial charge in [-0.3, -0.25) is 9.59 Å². The number of nitrogens with one attached hydrogen (secondary N) is 2. The summed E-state index contributed by atoms with van der Waals surface area (Å²) in [7, 11) is 0. The fourth-order valence-electron chi connectivity index (χ4n) is 5.89. The maximum atomic E-state index is 13.3. The highest BCUT2D eigenvalue weighted by Gasteiger charge is 2.33. The number of H-pyrrole nitrogens is 2. The third-order valence-corrected chi connectivity index (χ3v) is 7.81. The molecule has 0 saturated heterocycles. The molecule has 8 rings (SSSR count). The van der Waals surface area contributed by atoms with E-state index in [0.29, 0.717) is 55.8 Å². The fraction of sp³-hybridized carbons (Fsp3) is 0. The van der Waals surface area contributed by atoms with Crippen molar-refractivity contribution in [2.24, 2.45) is 9.98 Å². The molecule has 42 heavy (non-hydrogen) atoms. The highest BCUT2D eigenvalue weighted by Crippen LogP contribution is 2.43. The van der Waals surface area contributed by atoms with Crippen LogP contribution in [0.3, 0.4) is 0 Å². The Bertz CT molecular complexity index is 2210. The molecule has 8 heteroatoms. The van der Waals surface area contributed by atoms with Gasteiger partial charge < -0.3 is 20.2 Å². The highest BCUT2D eigenvalue weighted by molar-refractivity contribution is 6.28. The number of hydrogen-bond acceptors (Lipinski definition) is 6. The zero-order valence-electron chi connectivity index (χ0n) is 21.8. The third kappa shape index (κ3) is 3.29. The van der Waals surface area contributed by atoms with Crippen LogP contribution in [0.15, 0.2) is 117 Å². The highest BCUT2D eigenvalue weighted by atomic mass is 16.3. The van der Waals surface area contributed by atoms with Crippen LogP contribution in [0, 0.1) is 0 Å². The molecule has 0 radical (unpaired) electrons. The van der Waals surface area contributed by atoms with Crippen LogP contribution in [0.25, 0.3) is 33.2 Å². The minimum absolute atomic E-state index is 0.0656. The number of rotatable bonds is 2. The average molecular weight is 549 g/mol. The van der Waals surface area contributed by atoms with Crippen molar-refractivity contribution in [1.29, 1.82) is 0 Å². The first kappa shape index (κ1) is 23.8. The molecule has 0 atom stereocenters. The summed E-state index contributed by atoms with van der Waals surface area (Å²) < 4.78 is 0. The van der Waals surface area contributed by atoms with Gasteiger partial charge in [-0.15, -0.1) is 0 Å². The van der Waals surface area contributed by atoms with Crippen molar-refractivity contribution >= 4 is 44.6 Å². The summed E-state index contributed by atoms with van der Waals surface area (Å²) in [5.41, 5.74) is 4.68. The van der Waals surface area contributed by atoms with Crippen LogP contribution in [-0.2, 0) is 0 Å². The van der Waals surface area contributed by atoms with Gasteiger partial charge in [-0.2, -0.15) is 0 Å². The van der Waals surface area contributed by atoms with Crippen LogP contribution in [0.1, 0.15) is 33.4 Å². The Morgan fingerprint density at radius 1 is 0.476 bits per heavy atom. The van der Waals surface area contributed by atoms with E-state index in [2.05, 4.69) is 9.97 Å². The molecule has 0 saturated carbocycles. The van der Waals surface area contributed by atoms with E-state index < -0.39 is 11.1 Å². The molecule has 2 aliphatic rings. The van der Waals surface area contributed by atoms with Gasteiger partial charge in [0.25, 0.3) is 11.1 Å². The summed E-state index contributed by atoms with van der Waals surface area (Å²) in [6, 6.07) is 29.0. The summed E-state index contributed by atoms with van der Waals surface area (Å²) in [5.74, 6) is -0.310. The van der Waals surface area contributed by atoms with Crippen molar-refractivity contribution in [1.82, 2.24) is 9.97 Å². The van der Waals surface area contributed by atoms with Crippen molar-refractivity contribution in [3.8, 4) is 11.5 Å². The van der Waals surface area contributed by atoms with E-state index >= 15 is 0 Å². The largest absolute Gasteiger partial charge is 0.506 e. The molecule has 0 unspecified atom stereocenters. The second kappa shape index (κ2) is 8.74. The van der Waals surface area contributed by atoms with Crippen molar-refractivity contribution in [3.05, 3.63) is 151 Å². The normalized spacial score (nSPS) is 15.5. The molecule has 4 heterocycles. The van der Waals surface area contributed by atoms with Crippen LogP contribution in [0.2, 0.25) is 0 Å². The molecular formula is C34H20N4O4. The smallest absolute Gasteiger partial charge is 0.261 e. The second-order valence-corrected chi connectivity index (χ2v) is 10.2. The Morgan fingerprint density at radius 2 is 0.833 bits per heavy atom. The van der Waals surface area contributed by atoms with Crippen molar-refractivity contribution in [2.45, 2.75) is 0 Å². The van der Waals surface area contributed by atoms with Crippen LogP contribution >= 0.6 is 0 Å². The zero-order valence-corrected chi connectivity index (χ0v) is 21.8. The molecule has 6 aromatic rings. The molecule has 0 fully saturated rings. The number of aromatic hydroxyl groups is 2. The maximum absolute atomic E-state index is 13.3. The van der Waals surface area contributed by atoms with Crippen molar-refractivity contribution < 1.29 is 10.2 Å². The van der Waals surface area contributed by atoms with Crippen LogP contribution < -0.4 is 11.1 Å². The van der Waals surface area contributed by atoms with Gasteiger partial charge in [0, 0.05) is 33.0 Å².